The quantitative estimate of drug-likeness (QED) is 0.591. The molecule has 4 rings (SSSR count). The number of nitrogens with zero attached hydrogens (tertiary/aromatic N) is 3. The fourth-order valence-electron chi connectivity index (χ4n) is 2.23. The largest absolute Gasteiger partial charge is 0.369 e. The number of fused-ring (bicyclic) bond motifs is 1. The van der Waals surface area contributed by atoms with Crippen molar-refractivity contribution in [2.45, 2.75) is 6.92 Å². The molecular formula is C14H11N5S2. The van der Waals surface area contributed by atoms with Crippen molar-refractivity contribution in [1.29, 1.82) is 0 Å². The summed E-state index contributed by atoms with van der Waals surface area (Å²) in [4.78, 5) is 16.4. The molecule has 0 fully saturated rings. The number of nitrogens with two attached hydrogens (primary N) is 1. The van der Waals surface area contributed by atoms with Gasteiger partial charge in [-0.3, -0.25) is 0 Å². The SMILES string of the molecule is Cc1csc(-c2[nH]c(N)nc2-c2ccc3ncsc3c2)n1. The van der Waals surface area contributed by atoms with E-state index in [9.17, 15) is 0 Å². The minimum absolute atomic E-state index is 0.400. The average Bonchev–Trinajstić information content (AvgIpc) is 3.16. The van der Waals surface area contributed by atoms with Gasteiger partial charge in [-0.05, 0) is 19.1 Å². The monoisotopic (exact) mass is 313 g/mol. The fourth-order valence-corrected chi connectivity index (χ4v) is 3.74. The van der Waals surface area contributed by atoms with Crippen LogP contribution in [0.3, 0.4) is 0 Å². The number of nitrogens with one attached hydrogen (secondary N) is 1. The van der Waals surface area contributed by atoms with Crippen LogP contribution in [0, 0.1) is 6.92 Å². The van der Waals surface area contributed by atoms with Gasteiger partial charge in [0, 0.05) is 16.6 Å². The summed E-state index contributed by atoms with van der Waals surface area (Å²) in [5, 5.41) is 2.92. The first-order valence-corrected chi connectivity index (χ1v) is 8.08. The van der Waals surface area contributed by atoms with Crippen LogP contribution in [0.2, 0.25) is 0 Å². The van der Waals surface area contributed by atoms with Crippen LogP contribution in [0.15, 0.2) is 29.1 Å². The Bertz CT molecular complexity index is 934. The van der Waals surface area contributed by atoms with Gasteiger partial charge in [0.05, 0.1) is 15.7 Å². The third kappa shape index (κ3) is 2.10. The number of rotatable bonds is 2. The molecule has 0 aliphatic rings. The predicted octanol–water partition coefficient (Wildman–Crippen LogP) is 3.70. The molecule has 0 radical (unpaired) electrons. The number of thiazole rings is 2. The Morgan fingerprint density at radius 1 is 1.19 bits per heavy atom. The van der Waals surface area contributed by atoms with Gasteiger partial charge in [-0.15, -0.1) is 22.7 Å². The lowest BCUT2D eigenvalue weighted by Crippen LogP contribution is -1.85. The Morgan fingerprint density at radius 2 is 2.10 bits per heavy atom. The number of aromatic amines is 1. The molecule has 0 atom stereocenters. The maximum atomic E-state index is 5.85. The number of nitrogen functional groups attached to an aromatic ring is 1. The molecule has 21 heavy (non-hydrogen) atoms. The van der Waals surface area contributed by atoms with Crippen molar-refractivity contribution >= 4 is 38.8 Å². The highest BCUT2D eigenvalue weighted by Gasteiger charge is 2.16. The molecule has 1 aromatic carbocycles. The van der Waals surface area contributed by atoms with E-state index in [1.807, 2.05) is 29.9 Å². The number of aryl methyl sites for hydroxylation is 1. The van der Waals surface area contributed by atoms with E-state index < -0.39 is 0 Å². The van der Waals surface area contributed by atoms with Crippen LogP contribution in [-0.4, -0.2) is 19.9 Å². The summed E-state index contributed by atoms with van der Waals surface area (Å²) in [5.41, 5.74) is 12.4. The molecule has 3 N–H and O–H groups in total. The fraction of sp³-hybridized carbons (Fsp3) is 0.0714. The summed E-state index contributed by atoms with van der Waals surface area (Å²) < 4.78 is 1.13. The van der Waals surface area contributed by atoms with Crippen molar-refractivity contribution in [3.05, 3.63) is 34.8 Å². The van der Waals surface area contributed by atoms with Crippen molar-refractivity contribution in [3.63, 3.8) is 0 Å². The zero-order valence-corrected chi connectivity index (χ0v) is 12.8. The first kappa shape index (κ1) is 12.5. The van der Waals surface area contributed by atoms with Gasteiger partial charge in [0.2, 0.25) is 0 Å². The Morgan fingerprint density at radius 3 is 2.90 bits per heavy atom. The van der Waals surface area contributed by atoms with Crippen molar-refractivity contribution in [3.8, 4) is 22.0 Å². The van der Waals surface area contributed by atoms with Crippen molar-refractivity contribution < 1.29 is 0 Å². The van der Waals surface area contributed by atoms with E-state index in [1.165, 1.54) is 0 Å². The smallest absolute Gasteiger partial charge is 0.198 e. The molecule has 0 aliphatic carbocycles. The van der Waals surface area contributed by atoms with E-state index >= 15 is 0 Å². The molecule has 0 saturated heterocycles. The van der Waals surface area contributed by atoms with Gasteiger partial charge < -0.3 is 10.7 Å². The molecule has 0 aliphatic heterocycles. The average molecular weight is 313 g/mol. The summed E-state index contributed by atoms with van der Waals surface area (Å²) in [5.74, 6) is 0.400. The molecule has 7 heteroatoms. The van der Waals surface area contributed by atoms with E-state index in [2.05, 4.69) is 26.0 Å². The molecule has 0 amide bonds. The lowest BCUT2D eigenvalue weighted by atomic mass is 10.1. The molecule has 4 aromatic rings. The molecule has 0 spiro atoms. The van der Waals surface area contributed by atoms with Crippen LogP contribution < -0.4 is 5.73 Å². The van der Waals surface area contributed by atoms with E-state index in [4.69, 9.17) is 5.73 Å². The Hall–Kier alpha value is -2.25. The minimum Gasteiger partial charge on any atom is -0.369 e. The standard InChI is InChI=1S/C14H11N5S2/c1-7-5-20-13(17-7)12-11(18-14(15)19-12)8-2-3-9-10(4-8)21-6-16-9/h2-6H,1H3,(H3,15,18,19). The normalized spacial score (nSPS) is 11.3. The van der Waals surface area contributed by atoms with Gasteiger partial charge in [-0.1, -0.05) is 6.07 Å². The maximum Gasteiger partial charge on any atom is 0.198 e. The molecule has 3 aromatic heterocycles. The number of H-pyrrole nitrogens is 1. The predicted molar refractivity (Wildman–Crippen MR) is 87.5 cm³/mol. The molecule has 5 nitrogen and oxygen atoms in total. The molecule has 3 heterocycles. The van der Waals surface area contributed by atoms with Crippen LogP contribution in [0.5, 0.6) is 0 Å². The highest BCUT2D eigenvalue weighted by Crippen LogP contribution is 2.34. The topological polar surface area (TPSA) is 80.5 Å². The zero-order chi connectivity index (χ0) is 14.4. The van der Waals surface area contributed by atoms with Crippen molar-refractivity contribution in [1.82, 2.24) is 19.9 Å². The number of hydrogen-bond acceptors (Lipinski definition) is 6. The summed E-state index contributed by atoms with van der Waals surface area (Å²) in [7, 11) is 0. The zero-order valence-electron chi connectivity index (χ0n) is 11.1. The third-order valence-corrected chi connectivity index (χ3v) is 4.93. The van der Waals surface area contributed by atoms with Crippen LogP contribution in [-0.2, 0) is 0 Å². The molecule has 0 bridgehead atoms. The first-order valence-electron chi connectivity index (χ1n) is 6.32. The maximum absolute atomic E-state index is 5.85. The second-order valence-corrected chi connectivity index (χ2v) is 6.42. The number of aromatic nitrogens is 4. The van der Waals surface area contributed by atoms with Crippen molar-refractivity contribution in [2.24, 2.45) is 0 Å². The summed E-state index contributed by atoms with van der Waals surface area (Å²) >= 11 is 3.20. The number of anilines is 1. The molecular weight excluding hydrogens is 302 g/mol. The highest BCUT2D eigenvalue weighted by atomic mass is 32.1. The van der Waals surface area contributed by atoms with Gasteiger partial charge in [-0.25, -0.2) is 15.0 Å². The van der Waals surface area contributed by atoms with Crippen molar-refractivity contribution in [2.75, 3.05) is 5.73 Å². The Kier molecular flexibility index (Phi) is 2.76. The Balaban J connectivity index is 1.91. The van der Waals surface area contributed by atoms with Gasteiger partial charge in [-0.2, -0.15) is 0 Å². The van der Waals surface area contributed by atoms with E-state index in [0.29, 0.717) is 5.95 Å². The molecule has 0 saturated carbocycles. The second kappa shape index (κ2) is 4.64. The molecule has 104 valence electrons. The summed E-state index contributed by atoms with van der Waals surface area (Å²) in [6, 6.07) is 6.11. The number of benzene rings is 1. The third-order valence-electron chi connectivity index (χ3n) is 3.16. The van der Waals surface area contributed by atoms with Gasteiger partial charge in [0.15, 0.2) is 5.95 Å². The van der Waals surface area contributed by atoms with E-state index in [-0.39, 0.29) is 0 Å². The van der Waals surface area contributed by atoms with Crippen LogP contribution >= 0.6 is 22.7 Å². The van der Waals surface area contributed by atoms with E-state index in [0.717, 1.165) is 37.9 Å². The highest BCUT2D eigenvalue weighted by molar-refractivity contribution is 7.16. The number of hydrogen-bond donors (Lipinski definition) is 2. The van der Waals surface area contributed by atoms with Gasteiger partial charge in [0.1, 0.15) is 16.4 Å². The van der Waals surface area contributed by atoms with E-state index in [1.54, 1.807) is 22.7 Å². The number of imidazole rings is 1. The van der Waals surface area contributed by atoms with Crippen LogP contribution in [0.1, 0.15) is 5.69 Å². The van der Waals surface area contributed by atoms with Crippen LogP contribution in [0.4, 0.5) is 5.95 Å². The van der Waals surface area contributed by atoms with Gasteiger partial charge >= 0.3 is 0 Å². The lowest BCUT2D eigenvalue weighted by Gasteiger charge is -2.00. The molecule has 0 unspecified atom stereocenters. The summed E-state index contributed by atoms with van der Waals surface area (Å²) in [6.07, 6.45) is 0. The first-order chi connectivity index (χ1) is 10.2. The lowest BCUT2D eigenvalue weighted by molar-refractivity contribution is 1.25. The van der Waals surface area contributed by atoms with Crippen LogP contribution in [0.25, 0.3) is 32.2 Å². The minimum atomic E-state index is 0.400. The summed E-state index contributed by atoms with van der Waals surface area (Å²) in [6.45, 7) is 1.97. The van der Waals surface area contributed by atoms with Gasteiger partial charge in [0.25, 0.3) is 0 Å². The Labute approximate surface area is 128 Å². The second-order valence-electron chi connectivity index (χ2n) is 4.67.